The van der Waals surface area contributed by atoms with Crippen LogP contribution in [-0.2, 0) is 11.2 Å². The number of anilines is 1. The number of carbonyl (C=O) groups is 2. The molecular weight excluding hydrogens is 514 g/mol. The molecule has 4 rings (SSSR count). The highest BCUT2D eigenvalue weighted by Gasteiger charge is 2.67. The van der Waals surface area contributed by atoms with Crippen molar-refractivity contribution in [2.45, 2.75) is 16.7 Å². The molecule has 0 radical (unpaired) electrons. The van der Waals surface area contributed by atoms with Gasteiger partial charge in [-0.15, -0.1) is 23.2 Å². The van der Waals surface area contributed by atoms with Crippen LogP contribution in [0, 0.1) is 17.6 Å². The number of hydrogen-bond acceptors (Lipinski definition) is 2. The number of nitrogens with one attached hydrogen (secondary N) is 1. The zero-order chi connectivity index (χ0) is 23.9. The molecule has 3 nitrogen and oxygen atoms in total. The maximum atomic E-state index is 15.1. The first-order chi connectivity index (χ1) is 15.6. The van der Waals surface area contributed by atoms with Crippen LogP contribution in [0.4, 0.5) is 14.5 Å². The summed E-state index contributed by atoms with van der Waals surface area (Å²) in [6.45, 7) is 0. The van der Waals surface area contributed by atoms with E-state index in [1.165, 1.54) is 48.5 Å². The van der Waals surface area contributed by atoms with Gasteiger partial charge in [0.2, 0.25) is 5.91 Å². The van der Waals surface area contributed by atoms with Crippen LogP contribution < -0.4 is 5.32 Å². The van der Waals surface area contributed by atoms with Gasteiger partial charge in [-0.2, -0.15) is 0 Å². The van der Waals surface area contributed by atoms with Crippen molar-refractivity contribution in [2.24, 2.45) is 5.92 Å². The standard InChI is InChI=1S/C24H15Cl4F2NO2/c25-14-9-13(10-15(26)11-14)20-21(24(20,27)28)23(33)31-18-3-1-2-17(22(18)30)19(32)8-12-4-6-16(29)7-5-12/h1-7,9-11,20-21H,8H2,(H,31,33). The van der Waals surface area contributed by atoms with E-state index in [-0.39, 0.29) is 17.7 Å². The molecular formula is C24H15Cl4F2NO2. The average Bonchev–Trinajstić information content (AvgIpc) is 3.32. The summed E-state index contributed by atoms with van der Waals surface area (Å²) in [4.78, 5) is 25.5. The van der Waals surface area contributed by atoms with E-state index in [1.54, 1.807) is 12.1 Å². The van der Waals surface area contributed by atoms with Crippen molar-refractivity contribution in [3.8, 4) is 0 Å². The topological polar surface area (TPSA) is 46.2 Å². The Morgan fingerprint density at radius 3 is 2.21 bits per heavy atom. The zero-order valence-electron chi connectivity index (χ0n) is 16.7. The molecule has 0 spiro atoms. The Morgan fingerprint density at radius 1 is 0.939 bits per heavy atom. The minimum Gasteiger partial charge on any atom is -0.323 e. The van der Waals surface area contributed by atoms with Gasteiger partial charge < -0.3 is 5.32 Å². The molecule has 1 fully saturated rings. The predicted molar refractivity (Wildman–Crippen MR) is 127 cm³/mol. The number of halogens is 6. The zero-order valence-corrected chi connectivity index (χ0v) is 19.7. The first-order valence-corrected chi connectivity index (χ1v) is 11.3. The average molecular weight is 529 g/mol. The lowest BCUT2D eigenvalue weighted by atomic mass is 10.0. The van der Waals surface area contributed by atoms with E-state index in [2.05, 4.69) is 5.32 Å². The molecule has 0 aromatic heterocycles. The number of Topliss-reactive ketones (excluding diaryl/α,β-unsaturated/α-hetero) is 1. The highest BCUT2D eigenvalue weighted by molar-refractivity contribution is 6.53. The minimum absolute atomic E-state index is 0.124. The molecule has 0 bridgehead atoms. The smallest absolute Gasteiger partial charge is 0.231 e. The van der Waals surface area contributed by atoms with Crippen LogP contribution in [-0.4, -0.2) is 16.0 Å². The molecule has 1 amide bonds. The van der Waals surface area contributed by atoms with Crippen molar-refractivity contribution >= 4 is 63.8 Å². The van der Waals surface area contributed by atoms with Crippen LogP contribution >= 0.6 is 46.4 Å². The number of alkyl halides is 2. The van der Waals surface area contributed by atoms with Crippen molar-refractivity contribution in [1.82, 2.24) is 0 Å². The third-order valence-corrected chi connectivity index (χ3v) is 6.79. The highest BCUT2D eigenvalue weighted by Crippen LogP contribution is 2.65. The Hall–Kier alpha value is -2.18. The van der Waals surface area contributed by atoms with Gasteiger partial charge in [-0.3, -0.25) is 9.59 Å². The molecule has 3 aromatic rings. The Kier molecular flexibility index (Phi) is 6.70. The van der Waals surface area contributed by atoms with Crippen molar-refractivity contribution in [1.29, 1.82) is 0 Å². The number of amides is 1. The first-order valence-electron chi connectivity index (χ1n) is 9.78. The number of benzene rings is 3. The molecule has 2 unspecified atom stereocenters. The summed E-state index contributed by atoms with van der Waals surface area (Å²) in [6.07, 6.45) is -0.124. The van der Waals surface area contributed by atoms with Crippen LogP contribution in [0.25, 0.3) is 0 Å². The Balaban J connectivity index is 1.52. The lowest BCUT2D eigenvalue weighted by Gasteiger charge is -2.10. The molecule has 1 aliphatic rings. The Morgan fingerprint density at radius 2 is 1.58 bits per heavy atom. The van der Waals surface area contributed by atoms with Gasteiger partial charge >= 0.3 is 0 Å². The molecule has 1 saturated carbocycles. The molecule has 33 heavy (non-hydrogen) atoms. The first kappa shape index (κ1) is 24.0. The van der Waals surface area contributed by atoms with Gasteiger partial charge in [0.05, 0.1) is 17.2 Å². The number of rotatable bonds is 6. The molecule has 2 atom stereocenters. The van der Waals surface area contributed by atoms with E-state index in [0.717, 1.165) is 0 Å². The number of carbonyl (C=O) groups excluding carboxylic acids is 2. The van der Waals surface area contributed by atoms with Crippen molar-refractivity contribution in [3.05, 3.63) is 99.0 Å². The minimum atomic E-state index is -1.43. The lowest BCUT2D eigenvalue weighted by Crippen LogP contribution is -2.19. The fourth-order valence-electron chi connectivity index (χ4n) is 3.76. The molecule has 9 heteroatoms. The summed E-state index contributed by atoms with van der Waals surface area (Å²) < 4.78 is 26.7. The normalized spacial score (nSPS) is 18.6. The van der Waals surface area contributed by atoms with E-state index in [9.17, 15) is 14.0 Å². The van der Waals surface area contributed by atoms with Gasteiger partial charge in [0, 0.05) is 22.4 Å². The van der Waals surface area contributed by atoms with Gasteiger partial charge in [-0.05, 0) is 53.6 Å². The van der Waals surface area contributed by atoms with Crippen LogP contribution in [0.3, 0.4) is 0 Å². The second kappa shape index (κ2) is 9.22. The van der Waals surface area contributed by atoms with Crippen LogP contribution in [0.5, 0.6) is 0 Å². The van der Waals surface area contributed by atoms with Crippen LogP contribution in [0.2, 0.25) is 10.0 Å². The van der Waals surface area contributed by atoms with Crippen molar-refractivity contribution < 1.29 is 18.4 Å². The summed E-state index contributed by atoms with van der Waals surface area (Å²) in [5.74, 6) is -3.91. The monoisotopic (exact) mass is 527 g/mol. The Labute approximate surface area is 208 Å². The summed E-state index contributed by atoms with van der Waals surface area (Å²) in [5.41, 5.74) is 0.740. The summed E-state index contributed by atoms with van der Waals surface area (Å²) >= 11 is 24.7. The van der Waals surface area contributed by atoms with E-state index < -0.39 is 39.5 Å². The van der Waals surface area contributed by atoms with Gasteiger partial charge in [-0.25, -0.2) is 8.78 Å². The van der Waals surface area contributed by atoms with Gasteiger partial charge in [0.15, 0.2) is 11.6 Å². The van der Waals surface area contributed by atoms with Gasteiger partial charge in [-0.1, -0.05) is 41.4 Å². The highest BCUT2D eigenvalue weighted by atomic mass is 35.5. The summed E-state index contributed by atoms with van der Waals surface area (Å²) in [6, 6.07) is 14.2. The molecule has 0 saturated heterocycles. The molecule has 0 heterocycles. The quantitative estimate of drug-likeness (QED) is 0.271. The van der Waals surface area contributed by atoms with E-state index >= 15 is 4.39 Å². The number of ketones is 1. The summed E-state index contributed by atoms with van der Waals surface area (Å²) in [5, 5.41) is 3.21. The van der Waals surface area contributed by atoms with Gasteiger partial charge in [0.25, 0.3) is 0 Å². The molecule has 0 aliphatic heterocycles. The molecule has 170 valence electrons. The summed E-state index contributed by atoms with van der Waals surface area (Å²) in [7, 11) is 0. The van der Waals surface area contributed by atoms with Crippen molar-refractivity contribution in [3.63, 3.8) is 0 Å². The number of hydrogen-bond donors (Lipinski definition) is 1. The SMILES string of the molecule is O=C(Cc1ccc(F)cc1)c1cccc(NC(=O)C2C(c3cc(Cl)cc(Cl)c3)C2(Cl)Cl)c1F. The van der Waals surface area contributed by atoms with E-state index in [4.69, 9.17) is 46.4 Å². The van der Waals surface area contributed by atoms with Crippen LogP contribution in [0.15, 0.2) is 60.7 Å². The second-order valence-electron chi connectivity index (χ2n) is 7.72. The molecule has 1 aliphatic carbocycles. The Bertz CT molecular complexity index is 1230. The largest absolute Gasteiger partial charge is 0.323 e. The maximum Gasteiger partial charge on any atom is 0.231 e. The van der Waals surface area contributed by atoms with Gasteiger partial charge in [0.1, 0.15) is 10.2 Å². The van der Waals surface area contributed by atoms with Crippen molar-refractivity contribution in [2.75, 3.05) is 5.32 Å². The lowest BCUT2D eigenvalue weighted by molar-refractivity contribution is -0.117. The third kappa shape index (κ3) is 5.02. The second-order valence-corrected chi connectivity index (χ2v) is 10.0. The molecule has 3 aromatic carbocycles. The fraction of sp³-hybridized carbons (Fsp3) is 0.167. The van der Waals surface area contributed by atoms with E-state index in [1.807, 2.05) is 0 Å². The fourth-order valence-corrected chi connectivity index (χ4v) is 5.13. The van der Waals surface area contributed by atoms with E-state index in [0.29, 0.717) is 21.2 Å². The third-order valence-electron chi connectivity index (χ3n) is 5.41. The molecule has 1 N–H and O–H groups in total. The predicted octanol–water partition coefficient (Wildman–Crippen LogP) is 7.22. The maximum absolute atomic E-state index is 15.1. The van der Waals surface area contributed by atoms with Crippen LogP contribution in [0.1, 0.15) is 27.4 Å².